The molecule has 0 radical (unpaired) electrons. The largest absolute Gasteiger partial charge is 0.458 e. The average molecular weight is 390 g/mol. The Kier molecular flexibility index (Phi) is 5.04. The molecule has 0 fully saturated rings. The number of fused-ring (bicyclic) bond motifs is 2. The second-order valence-electron chi connectivity index (χ2n) is 7.85. The summed E-state index contributed by atoms with van der Waals surface area (Å²) in [7, 11) is 0. The zero-order valence-corrected chi connectivity index (χ0v) is 17.3. The maximum atomic E-state index is 12.1. The van der Waals surface area contributed by atoms with E-state index in [2.05, 4.69) is 23.0 Å². The summed E-state index contributed by atoms with van der Waals surface area (Å²) in [4.78, 5) is 26.0. The number of esters is 1. The summed E-state index contributed by atoms with van der Waals surface area (Å²) in [6, 6.07) is 5.73. The summed E-state index contributed by atoms with van der Waals surface area (Å²) < 4.78 is 5.38. The first-order chi connectivity index (χ1) is 13.9. The monoisotopic (exact) mass is 390 g/mol. The summed E-state index contributed by atoms with van der Waals surface area (Å²) in [6.45, 7) is 8.00. The molecule has 0 saturated heterocycles. The quantitative estimate of drug-likeness (QED) is 0.677. The third-order valence-electron chi connectivity index (χ3n) is 5.89. The fraction of sp³-hybridized carbons (Fsp3) is 0.391. The third kappa shape index (κ3) is 3.49. The Bertz CT molecular complexity index is 1100. The number of aryl methyl sites for hydroxylation is 1. The van der Waals surface area contributed by atoms with Gasteiger partial charge in [-0.25, -0.2) is 4.79 Å². The zero-order chi connectivity index (χ0) is 20.7. The number of carbonyl (C=O) groups is 1. The molecule has 150 valence electrons. The van der Waals surface area contributed by atoms with Gasteiger partial charge in [0.15, 0.2) is 0 Å². The van der Waals surface area contributed by atoms with Gasteiger partial charge in [0.25, 0.3) is 0 Å². The molecule has 0 saturated carbocycles. The zero-order valence-electron chi connectivity index (χ0n) is 17.3. The Balaban J connectivity index is 1.73. The molecule has 6 nitrogen and oxygen atoms in total. The molecule has 0 aliphatic carbocycles. The number of nitrogens with two attached hydrogens (primary N) is 1. The molecule has 0 bridgehead atoms. The van der Waals surface area contributed by atoms with Crippen LogP contribution < -0.4 is 5.73 Å². The summed E-state index contributed by atoms with van der Waals surface area (Å²) in [5.41, 5.74) is 11.5. The standard InChI is InChI=1S/C23H26N4O2/c1-5-21(24)20-11-25-13(3)19-10-26-16(9-18(19)20)8-15-6-7-17-22(27-15)12(2)14(4)29-23(17)28/h6-7,9-12,14,21H,5,8,24H2,1-4H3/t12-,14-,21+/m0/s1. The number of rotatable bonds is 4. The Labute approximate surface area is 170 Å². The van der Waals surface area contributed by atoms with Gasteiger partial charge in [-0.2, -0.15) is 0 Å². The first-order valence-corrected chi connectivity index (χ1v) is 10.1. The number of cyclic esters (lactones) is 1. The van der Waals surface area contributed by atoms with Gasteiger partial charge in [-0.05, 0) is 49.4 Å². The van der Waals surface area contributed by atoms with Crippen molar-refractivity contribution in [2.75, 3.05) is 0 Å². The highest BCUT2D eigenvalue weighted by Gasteiger charge is 2.31. The number of hydrogen-bond acceptors (Lipinski definition) is 6. The van der Waals surface area contributed by atoms with Crippen molar-refractivity contribution < 1.29 is 9.53 Å². The number of ether oxygens (including phenoxy) is 1. The Hall–Kier alpha value is -2.86. The van der Waals surface area contributed by atoms with Crippen molar-refractivity contribution in [2.45, 2.75) is 58.6 Å². The highest BCUT2D eigenvalue weighted by atomic mass is 16.5. The maximum Gasteiger partial charge on any atom is 0.340 e. The van der Waals surface area contributed by atoms with Crippen LogP contribution in [0, 0.1) is 6.92 Å². The van der Waals surface area contributed by atoms with Crippen LogP contribution in [0.25, 0.3) is 10.8 Å². The molecule has 6 heteroatoms. The fourth-order valence-corrected chi connectivity index (χ4v) is 3.82. The first-order valence-electron chi connectivity index (χ1n) is 10.1. The van der Waals surface area contributed by atoms with Crippen molar-refractivity contribution in [3.8, 4) is 0 Å². The molecule has 29 heavy (non-hydrogen) atoms. The van der Waals surface area contributed by atoms with Crippen LogP contribution in [0.4, 0.5) is 0 Å². The lowest BCUT2D eigenvalue weighted by Crippen LogP contribution is -2.29. The molecule has 0 unspecified atom stereocenters. The van der Waals surface area contributed by atoms with Crippen LogP contribution in [-0.4, -0.2) is 27.0 Å². The van der Waals surface area contributed by atoms with Gasteiger partial charge in [0.2, 0.25) is 0 Å². The van der Waals surface area contributed by atoms with E-state index in [0.717, 1.165) is 45.5 Å². The number of aromatic nitrogens is 3. The molecule has 3 aromatic heterocycles. The van der Waals surface area contributed by atoms with Crippen molar-refractivity contribution >= 4 is 16.7 Å². The van der Waals surface area contributed by atoms with Gasteiger partial charge in [-0.1, -0.05) is 13.8 Å². The van der Waals surface area contributed by atoms with E-state index in [4.69, 9.17) is 15.5 Å². The summed E-state index contributed by atoms with van der Waals surface area (Å²) >= 11 is 0. The predicted octanol–water partition coefficient (Wildman–Crippen LogP) is 4.00. The Morgan fingerprint density at radius 1 is 1.14 bits per heavy atom. The first kappa shape index (κ1) is 19.5. The number of nitrogens with zero attached hydrogens (tertiary/aromatic N) is 3. The van der Waals surface area contributed by atoms with Crippen LogP contribution in [0.1, 0.15) is 77.8 Å². The van der Waals surface area contributed by atoms with Crippen molar-refractivity contribution in [3.05, 3.63) is 64.5 Å². The molecular formula is C23H26N4O2. The lowest BCUT2D eigenvalue weighted by molar-refractivity contribution is 0.0234. The van der Waals surface area contributed by atoms with Crippen molar-refractivity contribution in [1.82, 2.24) is 15.0 Å². The molecule has 0 aromatic carbocycles. The minimum Gasteiger partial charge on any atom is -0.458 e. The van der Waals surface area contributed by atoms with E-state index in [0.29, 0.717) is 12.0 Å². The van der Waals surface area contributed by atoms with Crippen LogP contribution in [0.15, 0.2) is 30.6 Å². The predicted molar refractivity (Wildman–Crippen MR) is 112 cm³/mol. The van der Waals surface area contributed by atoms with Crippen LogP contribution in [-0.2, 0) is 11.2 Å². The second-order valence-corrected chi connectivity index (χ2v) is 7.85. The van der Waals surface area contributed by atoms with Gasteiger partial charge in [-0.3, -0.25) is 15.0 Å². The van der Waals surface area contributed by atoms with Crippen LogP contribution in [0.3, 0.4) is 0 Å². The highest BCUT2D eigenvalue weighted by molar-refractivity contribution is 5.92. The molecule has 2 N–H and O–H groups in total. The maximum absolute atomic E-state index is 12.1. The van der Waals surface area contributed by atoms with Gasteiger partial charge >= 0.3 is 5.97 Å². The van der Waals surface area contributed by atoms with E-state index in [1.807, 2.05) is 45.3 Å². The number of hydrogen-bond donors (Lipinski definition) is 1. The van der Waals surface area contributed by atoms with Crippen molar-refractivity contribution in [1.29, 1.82) is 0 Å². The summed E-state index contributed by atoms with van der Waals surface area (Å²) in [5.74, 6) is -0.232. The van der Waals surface area contributed by atoms with E-state index in [9.17, 15) is 4.79 Å². The fourth-order valence-electron chi connectivity index (χ4n) is 3.82. The lowest BCUT2D eigenvalue weighted by atomic mass is 9.93. The Morgan fingerprint density at radius 2 is 1.93 bits per heavy atom. The van der Waals surface area contributed by atoms with Crippen molar-refractivity contribution in [2.24, 2.45) is 5.73 Å². The third-order valence-corrected chi connectivity index (χ3v) is 5.89. The van der Waals surface area contributed by atoms with E-state index in [-0.39, 0.29) is 24.0 Å². The van der Waals surface area contributed by atoms with Gasteiger partial charge < -0.3 is 10.5 Å². The topological polar surface area (TPSA) is 91.0 Å². The normalized spacial score (nSPS) is 19.7. The van der Waals surface area contributed by atoms with E-state index in [1.54, 1.807) is 0 Å². The summed E-state index contributed by atoms with van der Waals surface area (Å²) in [6.07, 6.45) is 5.00. The SMILES string of the molecule is CC[C@@H](N)c1cnc(C)c2cnc(Cc3ccc4c(n3)[C@@H](C)[C@H](C)OC4=O)cc12. The minimum absolute atomic E-state index is 0.0592. The second kappa shape index (κ2) is 7.52. The smallest absolute Gasteiger partial charge is 0.340 e. The molecule has 0 spiro atoms. The van der Waals surface area contributed by atoms with E-state index >= 15 is 0 Å². The molecule has 4 heterocycles. The molecule has 3 aromatic rings. The highest BCUT2D eigenvalue weighted by Crippen LogP contribution is 2.30. The lowest BCUT2D eigenvalue weighted by Gasteiger charge is -2.27. The molecule has 3 atom stereocenters. The molecular weight excluding hydrogens is 364 g/mol. The molecule has 4 rings (SSSR count). The van der Waals surface area contributed by atoms with Crippen LogP contribution in [0.5, 0.6) is 0 Å². The van der Waals surface area contributed by atoms with Gasteiger partial charge in [0, 0.05) is 53.2 Å². The van der Waals surface area contributed by atoms with Crippen LogP contribution >= 0.6 is 0 Å². The van der Waals surface area contributed by atoms with Crippen LogP contribution in [0.2, 0.25) is 0 Å². The minimum atomic E-state index is -0.297. The Morgan fingerprint density at radius 3 is 2.69 bits per heavy atom. The van der Waals surface area contributed by atoms with E-state index < -0.39 is 0 Å². The number of carbonyl (C=O) groups excluding carboxylic acids is 1. The summed E-state index contributed by atoms with van der Waals surface area (Å²) in [5, 5.41) is 2.12. The molecule has 1 aliphatic heterocycles. The number of pyridine rings is 3. The molecule has 1 aliphatic rings. The average Bonchev–Trinajstić information content (AvgIpc) is 2.72. The van der Waals surface area contributed by atoms with Gasteiger partial charge in [0.1, 0.15) is 6.10 Å². The van der Waals surface area contributed by atoms with E-state index in [1.165, 1.54) is 0 Å². The van der Waals surface area contributed by atoms with Crippen molar-refractivity contribution in [3.63, 3.8) is 0 Å². The van der Waals surface area contributed by atoms with Gasteiger partial charge in [0.05, 0.1) is 11.3 Å². The molecule has 0 amide bonds. The van der Waals surface area contributed by atoms with Gasteiger partial charge in [-0.15, -0.1) is 0 Å².